The third-order valence-electron chi connectivity index (χ3n) is 2.41. The van der Waals surface area contributed by atoms with Gasteiger partial charge in [-0.2, -0.15) is 18.6 Å². The Labute approximate surface area is 110 Å². The van der Waals surface area contributed by atoms with E-state index < -0.39 is 11.7 Å². The number of alkyl halides is 3. The Balaban J connectivity index is 2.51. The first kappa shape index (κ1) is 12.4. The summed E-state index contributed by atoms with van der Waals surface area (Å²) in [7, 11) is 0. The minimum absolute atomic E-state index is 0.522. The maximum absolute atomic E-state index is 12.6. The van der Waals surface area contributed by atoms with Gasteiger partial charge in [-0.05, 0) is 52.8 Å². The Hall–Kier alpha value is -1.05. The summed E-state index contributed by atoms with van der Waals surface area (Å²) >= 11 is 1.95. The lowest BCUT2D eigenvalue weighted by atomic mass is 9.99. The number of hydrogen-bond donors (Lipinski definition) is 0. The molecule has 0 spiro atoms. The number of benzene rings is 1. The van der Waals surface area contributed by atoms with Crippen LogP contribution in [0, 0.1) is 6.92 Å². The third-order valence-corrected chi connectivity index (χ3v) is 3.21. The molecule has 0 amide bonds. The molecule has 1 radical (unpaired) electrons. The van der Waals surface area contributed by atoms with E-state index in [9.17, 15) is 13.2 Å². The van der Waals surface area contributed by atoms with E-state index >= 15 is 0 Å². The van der Waals surface area contributed by atoms with Gasteiger partial charge in [-0.3, -0.25) is 0 Å². The Bertz CT molecular complexity index is 518. The Morgan fingerprint density at radius 1 is 1.24 bits per heavy atom. The van der Waals surface area contributed by atoms with Crippen LogP contribution in [0.3, 0.4) is 0 Å². The molecule has 6 heteroatoms. The second-order valence-corrected chi connectivity index (χ2v) is 4.60. The number of nitrogens with zero attached hydrogens (tertiary/aromatic N) is 2. The van der Waals surface area contributed by atoms with Crippen LogP contribution in [0.1, 0.15) is 16.7 Å². The largest absolute Gasteiger partial charge is 0.416 e. The fraction of sp³-hybridized carbons (Fsp3) is 0.182. The van der Waals surface area contributed by atoms with Crippen molar-refractivity contribution >= 4 is 31.9 Å². The smallest absolute Gasteiger partial charge is 0.166 e. The summed E-state index contributed by atoms with van der Waals surface area (Å²) in [5.74, 6) is 0. The normalized spacial score (nSPS) is 15.4. The van der Waals surface area contributed by atoms with Crippen LogP contribution in [-0.2, 0) is 6.18 Å². The summed E-state index contributed by atoms with van der Waals surface area (Å²) in [6.45, 7) is 1.76. The molecule has 2 nitrogen and oxygen atoms in total. The van der Waals surface area contributed by atoms with Gasteiger partial charge in [0.2, 0.25) is 0 Å². The van der Waals surface area contributed by atoms with Gasteiger partial charge in [0.15, 0.2) is 0 Å². The molecule has 0 aliphatic carbocycles. The van der Waals surface area contributed by atoms with Crippen LogP contribution in [0.5, 0.6) is 0 Å². The highest BCUT2D eigenvalue weighted by Gasteiger charge is 2.31. The molecule has 1 heterocycles. The van der Waals surface area contributed by atoms with Crippen molar-refractivity contribution in [3.63, 3.8) is 0 Å². The van der Waals surface area contributed by atoms with Crippen LogP contribution in [0.2, 0.25) is 0 Å². The van der Waals surface area contributed by atoms with Crippen molar-refractivity contribution in [3.05, 3.63) is 41.1 Å². The second-order valence-electron chi connectivity index (χ2n) is 3.58. The van der Waals surface area contributed by atoms with Crippen LogP contribution in [0.15, 0.2) is 29.5 Å². The van der Waals surface area contributed by atoms with E-state index in [1.807, 2.05) is 22.6 Å². The molecule has 17 heavy (non-hydrogen) atoms. The number of rotatable bonds is 1. The standard InChI is InChI=1S/C11H7F3IN2/c1-6-2-3-7(11(12,13)14)4-8(6)9-5-16-17-10(9)15/h2-5H,1H3. The average molecular weight is 351 g/mol. The molecule has 2 rings (SSSR count). The summed E-state index contributed by atoms with van der Waals surface area (Å²) < 4.78 is 38.4. The van der Waals surface area contributed by atoms with Gasteiger partial charge in [-0.25, -0.2) is 0 Å². The molecule has 1 aliphatic heterocycles. The van der Waals surface area contributed by atoms with E-state index in [0.717, 1.165) is 17.7 Å². The lowest BCUT2D eigenvalue weighted by molar-refractivity contribution is -0.137. The number of hydrogen-bond acceptors (Lipinski definition) is 1. The predicted octanol–water partition coefficient (Wildman–Crippen LogP) is 3.72. The topological polar surface area (TPSA) is 26.5 Å². The van der Waals surface area contributed by atoms with E-state index in [4.69, 9.17) is 0 Å². The molecule has 0 unspecified atom stereocenters. The van der Waals surface area contributed by atoms with E-state index in [0.29, 0.717) is 14.9 Å². The molecule has 0 fully saturated rings. The fourth-order valence-electron chi connectivity index (χ4n) is 1.51. The van der Waals surface area contributed by atoms with Crippen molar-refractivity contribution in [1.29, 1.82) is 0 Å². The zero-order valence-electron chi connectivity index (χ0n) is 8.72. The van der Waals surface area contributed by atoms with Crippen molar-refractivity contribution in [2.24, 2.45) is 5.10 Å². The van der Waals surface area contributed by atoms with Gasteiger partial charge in [0, 0.05) is 5.57 Å². The maximum atomic E-state index is 12.6. The molecule has 89 valence electrons. The Morgan fingerprint density at radius 3 is 2.47 bits per heavy atom. The molecule has 1 aliphatic rings. The minimum atomic E-state index is -4.33. The molecular formula is C11H7F3IN2. The van der Waals surface area contributed by atoms with Crippen LogP contribution in [0.4, 0.5) is 13.2 Å². The van der Waals surface area contributed by atoms with Crippen LogP contribution < -0.4 is 5.43 Å². The quantitative estimate of drug-likeness (QED) is 0.690. The number of halogens is 4. The van der Waals surface area contributed by atoms with Gasteiger partial charge >= 0.3 is 6.18 Å². The van der Waals surface area contributed by atoms with E-state index in [-0.39, 0.29) is 0 Å². The highest BCUT2D eigenvalue weighted by atomic mass is 127. The maximum Gasteiger partial charge on any atom is 0.416 e. The number of aryl methyl sites for hydroxylation is 1. The molecular weight excluding hydrogens is 344 g/mol. The van der Waals surface area contributed by atoms with Crippen molar-refractivity contribution < 1.29 is 13.2 Å². The zero-order valence-corrected chi connectivity index (χ0v) is 10.9. The van der Waals surface area contributed by atoms with Crippen molar-refractivity contribution in [2.45, 2.75) is 13.1 Å². The fourth-order valence-corrected chi connectivity index (χ4v) is 2.07. The van der Waals surface area contributed by atoms with Crippen molar-refractivity contribution in [1.82, 2.24) is 5.43 Å². The van der Waals surface area contributed by atoms with Gasteiger partial charge < -0.3 is 0 Å². The molecule has 0 atom stereocenters. The van der Waals surface area contributed by atoms with Gasteiger partial charge in [-0.1, -0.05) is 6.07 Å². The second kappa shape index (κ2) is 4.32. The lowest BCUT2D eigenvalue weighted by Crippen LogP contribution is -2.06. The lowest BCUT2D eigenvalue weighted by Gasteiger charge is -2.11. The molecule has 1 aromatic rings. The SMILES string of the molecule is Cc1ccc(C(F)(F)F)cc1C1=C[N]N=C1I. The average Bonchev–Trinajstić information content (AvgIpc) is 2.63. The van der Waals surface area contributed by atoms with E-state index in [1.54, 1.807) is 6.92 Å². The minimum Gasteiger partial charge on any atom is -0.166 e. The molecule has 1 aromatic carbocycles. The summed E-state index contributed by atoms with van der Waals surface area (Å²) in [6, 6.07) is 3.67. The first-order chi connectivity index (χ1) is 7.89. The van der Waals surface area contributed by atoms with Gasteiger partial charge in [-0.15, -0.1) is 5.10 Å². The van der Waals surface area contributed by atoms with Crippen molar-refractivity contribution in [3.8, 4) is 0 Å². The zero-order chi connectivity index (χ0) is 12.6. The molecule has 0 aromatic heterocycles. The Kier molecular flexibility index (Phi) is 3.15. The first-order valence-electron chi connectivity index (χ1n) is 4.71. The summed E-state index contributed by atoms with van der Waals surface area (Å²) in [6.07, 6.45) is -2.86. The summed E-state index contributed by atoms with van der Waals surface area (Å²) in [5, 5.41) is 3.78. The summed E-state index contributed by atoms with van der Waals surface area (Å²) in [5.41, 5.74) is 4.96. The molecule has 0 N–H and O–H groups in total. The Morgan fingerprint density at radius 2 is 1.94 bits per heavy atom. The molecule has 0 saturated heterocycles. The monoisotopic (exact) mass is 351 g/mol. The summed E-state index contributed by atoms with van der Waals surface area (Å²) in [4.78, 5) is 0. The van der Waals surface area contributed by atoms with Crippen molar-refractivity contribution in [2.75, 3.05) is 0 Å². The third kappa shape index (κ3) is 2.46. The van der Waals surface area contributed by atoms with Gasteiger partial charge in [0.05, 0.1) is 11.8 Å². The van der Waals surface area contributed by atoms with E-state index in [2.05, 4.69) is 10.5 Å². The van der Waals surface area contributed by atoms with E-state index in [1.165, 1.54) is 12.3 Å². The molecule has 0 saturated carbocycles. The van der Waals surface area contributed by atoms with Crippen LogP contribution in [0.25, 0.3) is 5.57 Å². The van der Waals surface area contributed by atoms with Crippen LogP contribution in [-0.4, -0.2) is 3.72 Å². The number of allylic oxidation sites excluding steroid dienone is 1. The highest BCUT2D eigenvalue weighted by Crippen LogP contribution is 2.33. The highest BCUT2D eigenvalue weighted by molar-refractivity contribution is 14.1. The van der Waals surface area contributed by atoms with Gasteiger partial charge in [0.25, 0.3) is 0 Å². The predicted molar refractivity (Wildman–Crippen MR) is 67.7 cm³/mol. The first-order valence-corrected chi connectivity index (χ1v) is 5.79. The van der Waals surface area contributed by atoms with Gasteiger partial charge in [0.1, 0.15) is 3.72 Å². The van der Waals surface area contributed by atoms with Crippen LogP contribution >= 0.6 is 22.6 Å². The molecule has 0 bridgehead atoms.